The third kappa shape index (κ3) is 3.51. The molecule has 0 aromatic carbocycles. The number of carbonyl (C=O) groups excluding carboxylic acids is 3. The third-order valence-electron chi connectivity index (χ3n) is 13.5. The maximum absolute atomic E-state index is 14.4. The highest BCUT2D eigenvalue weighted by Gasteiger charge is 2.70. The lowest BCUT2D eigenvalue weighted by molar-refractivity contribution is -0.210. The maximum Gasteiger partial charge on any atom is 0.311 e. The highest BCUT2D eigenvalue weighted by molar-refractivity contribution is 5.95. The number of fused-ring (bicyclic) bond motifs is 7. The standard InChI is InChI=1S/C33H50O5/c1-20(34)38-25-11-12-31(6)24(28(25,2)3)10-13-33(8)26(31)23(35)18-21-22-19-30(5,27(36)37-9)15-14-29(22,4)16-17-32(21,33)7/h18,22,24-26H,10-17,19H2,1-9H3/t22-,24+,25-,26+,29+,30+,31-,32+,33+/m0/s1. The van der Waals surface area contributed by atoms with Crippen LogP contribution in [0.5, 0.6) is 0 Å². The summed E-state index contributed by atoms with van der Waals surface area (Å²) in [4.78, 5) is 39.2. The van der Waals surface area contributed by atoms with Crippen molar-refractivity contribution < 1.29 is 23.9 Å². The van der Waals surface area contributed by atoms with E-state index in [1.807, 2.05) is 0 Å². The van der Waals surface area contributed by atoms with E-state index >= 15 is 0 Å². The second-order valence-electron chi connectivity index (χ2n) is 15.7. The molecule has 0 radical (unpaired) electrons. The molecule has 0 saturated heterocycles. The molecule has 0 heterocycles. The van der Waals surface area contributed by atoms with E-state index in [1.54, 1.807) is 0 Å². The fraction of sp³-hybridized carbons (Fsp3) is 0.848. The highest BCUT2D eigenvalue weighted by Crippen LogP contribution is 2.75. The number of ether oxygens (including phenoxy) is 2. The quantitative estimate of drug-likeness (QED) is 0.360. The first kappa shape index (κ1) is 27.9. The van der Waals surface area contributed by atoms with Crippen molar-refractivity contribution in [3.8, 4) is 0 Å². The van der Waals surface area contributed by atoms with E-state index in [-0.39, 0.29) is 57.0 Å². The predicted octanol–water partition coefficient (Wildman–Crippen LogP) is 7.07. The number of rotatable bonds is 2. The van der Waals surface area contributed by atoms with Gasteiger partial charge in [0.05, 0.1) is 12.5 Å². The number of hydrogen-bond acceptors (Lipinski definition) is 5. The van der Waals surface area contributed by atoms with Gasteiger partial charge in [0.1, 0.15) is 6.10 Å². The van der Waals surface area contributed by atoms with Gasteiger partial charge in [-0.15, -0.1) is 0 Å². The molecule has 0 bridgehead atoms. The van der Waals surface area contributed by atoms with Crippen LogP contribution in [-0.2, 0) is 23.9 Å². The zero-order chi connectivity index (χ0) is 28.1. The summed E-state index contributed by atoms with van der Waals surface area (Å²) in [6.07, 6.45) is 10.6. The minimum absolute atomic E-state index is 0.0417. The molecule has 9 atom stereocenters. The first-order chi connectivity index (χ1) is 17.5. The van der Waals surface area contributed by atoms with Crippen LogP contribution in [0.2, 0.25) is 0 Å². The second kappa shape index (κ2) is 8.43. The summed E-state index contributed by atoms with van der Waals surface area (Å²) in [5.74, 6) is 0.474. The first-order valence-corrected chi connectivity index (χ1v) is 15.0. The zero-order valence-electron chi connectivity index (χ0n) is 25.3. The van der Waals surface area contributed by atoms with Crippen molar-refractivity contribution in [2.45, 2.75) is 119 Å². The maximum atomic E-state index is 14.4. The second-order valence-corrected chi connectivity index (χ2v) is 15.7. The summed E-state index contributed by atoms with van der Waals surface area (Å²) in [6.45, 7) is 17.7. The molecule has 5 aliphatic carbocycles. The molecule has 4 saturated carbocycles. The van der Waals surface area contributed by atoms with Crippen molar-refractivity contribution in [1.29, 1.82) is 0 Å². The van der Waals surface area contributed by atoms with Crippen molar-refractivity contribution in [1.82, 2.24) is 0 Å². The van der Waals surface area contributed by atoms with Gasteiger partial charge >= 0.3 is 11.9 Å². The van der Waals surface area contributed by atoms with Gasteiger partial charge in [0, 0.05) is 18.3 Å². The summed E-state index contributed by atoms with van der Waals surface area (Å²) in [5.41, 5.74) is 0.416. The van der Waals surface area contributed by atoms with Gasteiger partial charge in [-0.05, 0) is 104 Å². The number of hydrogen-bond donors (Lipinski definition) is 0. The molecule has 38 heavy (non-hydrogen) atoms. The van der Waals surface area contributed by atoms with E-state index in [4.69, 9.17) is 9.47 Å². The number of esters is 2. The summed E-state index contributed by atoms with van der Waals surface area (Å²) >= 11 is 0. The molecule has 5 nitrogen and oxygen atoms in total. The Kier molecular flexibility index (Phi) is 6.19. The molecule has 212 valence electrons. The van der Waals surface area contributed by atoms with Gasteiger partial charge in [-0.3, -0.25) is 14.4 Å². The minimum Gasteiger partial charge on any atom is -0.469 e. The molecule has 0 aromatic rings. The molecule has 0 aliphatic heterocycles. The minimum atomic E-state index is -0.498. The van der Waals surface area contributed by atoms with Gasteiger partial charge in [-0.1, -0.05) is 47.1 Å². The normalized spacial score (nSPS) is 49.4. The molecule has 5 aliphatic rings. The van der Waals surface area contributed by atoms with Crippen LogP contribution in [0.25, 0.3) is 0 Å². The Balaban J connectivity index is 1.57. The van der Waals surface area contributed by atoms with Crippen LogP contribution in [0.4, 0.5) is 0 Å². The highest BCUT2D eigenvalue weighted by atomic mass is 16.5. The van der Waals surface area contributed by atoms with Crippen LogP contribution in [0.3, 0.4) is 0 Å². The molecule has 5 rings (SSSR count). The van der Waals surface area contributed by atoms with Crippen molar-refractivity contribution in [3.63, 3.8) is 0 Å². The smallest absolute Gasteiger partial charge is 0.311 e. The van der Waals surface area contributed by atoms with Crippen molar-refractivity contribution >= 4 is 17.7 Å². The van der Waals surface area contributed by atoms with Crippen molar-refractivity contribution in [2.24, 2.45) is 50.2 Å². The van der Waals surface area contributed by atoms with Gasteiger partial charge in [0.15, 0.2) is 5.78 Å². The zero-order valence-corrected chi connectivity index (χ0v) is 25.3. The fourth-order valence-electron chi connectivity index (χ4n) is 11.0. The van der Waals surface area contributed by atoms with Crippen LogP contribution in [-0.4, -0.2) is 30.9 Å². The Bertz CT molecular complexity index is 1090. The average Bonchev–Trinajstić information content (AvgIpc) is 2.82. The van der Waals surface area contributed by atoms with E-state index in [9.17, 15) is 14.4 Å². The van der Waals surface area contributed by atoms with E-state index in [0.717, 1.165) is 57.8 Å². The Hall–Kier alpha value is -1.65. The first-order valence-electron chi connectivity index (χ1n) is 15.0. The van der Waals surface area contributed by atoms with Crippen LogP contribution in [0.1, 0.15) is 113 Å². The van der Waals surface area contributed by atoms with E-state index in [2.05, 4.69) is 54.5 Å². The number of carbonyl (C=O) groups is 3. The molecule has 0 spiro atoms. The fourth-order valence-corrected chi connectivity index (χ4v) is 11.0. The molecule has 0 amide bonds. The monoisotopic (exact) mass is 526 g/mol. The summed E-state index contributed by atoms with van der Waals surface area (Å²) < 4.78 is 11.1. The number of ketones is 1. The third-order valence-corrected chi connectivity index (χ3v) is 13.5. The Morgan fingerprint density at radius 1 is 0.895 bits per heavy atom. The molecule has 0 unspecified atom stereocenters. The van der Waals surface area contributed by atoms with Crippen molar-refractivity contribution in [2.75, 3.05) is 7.11 Å². The van der Waals surface area contributed by atoms with Crippen LogP contribution in [0.15, 0.2) is 11.6 Å². The topological polar surface area (TPSA) is 69.7 Å². The average molecular weight is 527 g/mol. The molecule has 0 N–H and O–H groups in total. The summed E-state index contributed by atoms with van der Waals surface area (Å²) in [5, 5.41) is 0. The van der Waals surface area contributed by atoms with E-state index in [0.29, 0.717) is 11.7 Å². The van der Waals surface area contributed by atoms with Gasteiger partial charge in [0.2, 0.25) is 0 Å². The molecule has 0 aromatic heterocycles. The summed E-state index contributed by atoms with van der Waals surface area (Å²) in [7, 11) is 1.50. The predicted molar refractivity (Wildman–Crippen MR) is 147 cm³/mol. The lowest BCUT2D eigenvalue weighted by Gasteiger charge is -2.70. The Labute approximate surface area is 229 Å². The lowest BCUT2D eigenvalue weighted by atomic mass is 9.33. The van der Waals surface area contributed by atoms with Gasteiger partial charge in [-0.25, -0.2) is 0 Å². The van der Waals surface area contributed by atoms with Gasteiger partial charge in [-0.2, -0.15) is 0 Å². The number of methoxy groups -OCH3 is 1. The van der Waals surface area contributed by atoms with Crippen LogP contribution in [0, 0.1) is 50.2 Å². The molecule has 5 heteroatoms. The molecular weight excluding hydrogens is 476 g/mol. The summed E-state index contributed by atoms with van der Waals surface area (Å²) in [6, 6.07) is 0. The van der Waals surface area contributed by atoms with E-state index < -0.39 is 5.41 Å². The van der Waals surface area contributed by atoms with Gasteiger partial charge < -0.3 is 9.47 Å². The Morgan fingerprint density at radius 2 is 1.55 bits per heavy atom. The SMILES string of the molecule is COC(=O)[C@]1(C)CC[C@]2(C)CC[C@]3(C)C(=CC(=O)[C@@H]4[C@@]5(C)CC[C@H](OC(C)=O)C(C)(C)[C@H]5CC[C@]43C)[C@@H]2C1. The van der Waals surface area contributed by atoms with Gasteiger partial charge in [0.25, 0.3) is 0 Å². The van der Waals surface area contributed by atoms with E-state index in [1.165, 1.54) is 19.6 Å². The molecular formula is C33H50O5. The van der Waals surface area contributed by atoms with Crippen LogP contribution < -0.4 is 0 Å². The molecule has 4 fully saturated rings. The van der Waals surface area contributed by atoms with Crippen LogP contribution >= 0.6 is 0 Å². The lowest BCUT2D eigenvalue weighted by Crippen LogP contribution is -2.66. The van der Waals surface area contributed by atoms with Crippen molar-refractivity contribution in [3.05, 3.63) is 11.6 Å². The largest absolute Gasteiger partial charge is 0.469 e. The number of allylic oxidation sites excluding steroid dienone is 2. The Morgan fingerprint density at radius 3 is 2.18 bits per heavy atom.